The third kappa shape index (κ3) is 5.59. The number of rotatable bonds is 8. The molecule has 4 heterocycles. The SMILES string of the molecule is CN1CCN(CCCOc2cc(OC3CCOCC3)c3c(N4OC(Cl)O4)ncnc3c2)CC1. The van der Waals surface area contributed by atoms with E-state index in [1.54, 1.807) is 0 Å². The second kappa shape index (κ2) is 10.5. The zero-order valence-electron chi connectivity index (χ0n) is 18.8. The fourth-order valence-electron chi connectivity index (χ4n) is 4.21. The quantitative estimate of drug-likeness (QED) is 0.416. The lowest BCUT2D eigenvalue weighted by Crippen LogP contribution is -2.44. The molecule has 1 aromatic carbocycles. The molecule has 1 aromatic heterocycles. The highest BCUT2D eigenvalue weighted by Gasteiger charge is 2.32. The zero-order valence-corrected chi connectivity index (χ0v) is 19.6. The lowest BCUT2D eigenvalue weighted by molar-refractivity contribution is -0.306. The molecular formula is C22H30ClN5O5. The third-order valence-electron chi connectivity index (χ3n) is 6.13. The van der Waals surface area contributed by atoms with Crippen LogP contribution in [0.4, 0.5) is 5.82 Å². The largest absolute Gasteiger partial charge is 0.493 e. The molecule has 3 aliphatic heterocycles. The van der Waals surface area contributed by atoms with Gasteiger partial charge in [0.2, 0.25) is 0 Å². The van der Waals surface area contributed by atoms with Gasteiger partial charge in [0.05, 0.1) is 30.7 Å². The summed E-state index contributed by atoms with van der Waals surface area (Å²) in [4.78, 5) is 24.3. The number of halogens is 1. The lowest BCUT2D eigenvalue weighted by atomic mass is 10.1. The summed E-state index contributed by atoms with van der Waals surface area (Å²) in [7, 11) is 2.17. The predicted octanol–water partition coefficient (Wildman–Crippen LogP) is 2.41. The van der Waals surface area contributed by atoms with Gasteiger partial charge < -0.3 is 24.0 Å². The van der Waals surface area contributed by atoms with Gasteiger partial charge in [-0.2, -0.15) is 9.68 Å². The molecule has 3 fully saturated rings. The van der Waals surface area contributed by atoms with E-state index < -0.39 is 5.75 Å². The van der Waals surface area contributed by atoms with E-state index >= 15 is 0 Å². The van der Waals surface area contributed by atoms with Gasteiger partial charge in [-0.3, -0.25) is 0 Å². The molecule has 0 aliphatic carbocycles. The molecule has 0 unspecified atom stereocenters. The fourth-order valence-corrected chi connectivity index (χ4v) is 4.35. The molecule has 0 radical (unpaired) electrons. The highest BCUT2D eigenvalue weighted by Crippen LogP contribution is 2.39. The van der Waals surface area contributed by atoms with E-state index in [0.717, 1.165) is 52.0 Å². The Morgan fingerprint density at radius 1 is 1.09 bits per heavy atom. The standard InChI is InChI=1S/C22H30ClN5O5/c1-26-6-8-27(9-7-26)5-2-10-30-17-13-18-20(19(14-17)31-16-3-11-29-12-4-16)21(25-15-24-18)28-32-22(23)33-28/h13-16,22H,2-12H2,1H3. The number of likely N-dealkylation sites (N-methyl/N-ethyl adjacent to an activating group) is 1. The molecular weight excluding hydrogens is 450 g/mol. The Morgan fingerprint density at radius 3 is 2.64 bits per heavy atom. The Bertz CT molecular complexity index is 933. The van der Waals surface area contributed by atoms with Crippen LogP contribution < -0.4 is 14.7 Å². The lowest BCUT2D eigenvalue weighted by Gasteiger charge is -2.33. The van der Waals surface area contributed by atoms with Crippen LogP contribution in [0.3, 0.4) is 0 Å². The molecule has 11 heteroatoms. The van der Waals surface area contributed by atoms with Gasteiger partial charge in [-0.1, -0.05) is 16.8 Å². The van der Waals surface area contributed by atoms with Gasteiger partial charge in [-0.15, -0.1) is 0 Å². The van der Waals surface area contributed by atoms with Gasteiger partial charge in [0, 0.05) is 57.7 Å². The molecule has 0 saturated carbocycles. The van der Waals surface area contributed by atoms with E-state index in [2.05, 4.69) is 26.8 Å². The molecule has 0 atom stereocenters. The smallest absolute Gasteiger partial charge is 0.288 e. The summed E-state index contributed by atoms with van der Waals surface area (Å²) in [6, 6.07) is 3.80. The number of benzene rings is 1. The summed E-state index contributed by atoms with van der Waals surface area (Å²) >= 11 is 5.80. The van der Waals surface area contributed by atoms with Crippen LogP contribution in [0.5, 0.6) is 11.5 Å². The molecule has 33 heavy (non-hydrogen) atoms. The van der Waals surface area contributed by atoms with Crippen LogP contribution in [-0.2, 0) is 14.4 Å². The first-order chi connectivity index (χ1) is 16.2. The number of nitrogens with zero attached hydrogens (tertiary/aromatic N) is 5. The highest BCUT2D eigenvalue weighted by atomic mass is 35.5. The van der Waals surface area contributed by atoms with Crippen molar-refractivity contribution in [3.8, 4) is 11.5 Å². The molecule has 0 N–H and O–H groups in total. The maximum Gasteiger partial charge on any atom is 0.288 e. The van der Waals surface area contributed by atoms with E-state index in [0.29, 0.717) is 48.0 Å². The summed E-state index contributed by atoms with van der Waals surface area (Å²) in [5.74, 6) is 0.959. The normalized spacial score (nSPS) is 21.3. The van der Waals surface area contributed by atoms with Crippen LogP contribution in [-0.4, -0.2) is 91.2 Å². The van der Waals surface area contributed by atoms with Crippen molar-refractivity contribution >= 4 is 28.3 Å². The van der Waals surface area contributed by atoms with Gasteiger partial charge in [0.15, 0.2) is 5.82 Å². The monoisotopic (exact) mass is 479 g/mol. The van der Waals surface area contributed by atoms with Gasteiger partial charge in [-0.25, -0.2) is 9.97 Å². The summed E-state index contributed by atoms with van der Waals surface area (Å²) in [5.41, 5.74) is 0.684. The molecule has 0 amide bonds. The zero-order chi connectivity index (χ0) is 22.6. The van der Waals surface area contributed by atoms with Gasteiger partial charge in [0.25, 0.3) is 5.75 Å². The molecule has 0 spiro atoms. The van der Waals surface area contributed by atoms with Crippen LogP contribution in [0.1, 0.15) is 19.3 Å². The number of fused-ring (bicyclic) bond motifs is 1. The molecule has 3 aliphatic rings. The first kappa shape index (κ1) is 22.8. The number of ether oxygens (including phenoxy) is 3. The number of hydrogen-bond donors (Lipinski definition) is 0. The molecule has 2 aromatic rings. The third-order valence-corrected chi connectivity index (χ3v) is 6.29. The van der Waals surface area contributed by atoms with Crippen LogP contribution in [0.15, 0.2) is 18.5 Å². The van der Waals surface area contributed by atoms with Gasteiger partial charge >= 0.3 is 0 Å². The predicted molar refractivity (Wildman–Crippen MR) is 122 cm³/mol. The Hall–Kier alpha value is -1.95. The van der Waals surface area contributed by atoms with Gasteiger partial charge in [-0.05, 0) is 13.5 Å². The number of anilines is 1. The molecule has 5 rings (SSSR count). The number of piperazine rings is 1. The minimum Gasteiger partial charge on any atom is -0.493 e. The highest BCUT2D eigenvalue weighted by molar-refractivity contribution is 6.19. The number of alkyl halides is 1. The minimum absolute atomic E-state index is 0.0430. The first-order valence-electron chi connectivity index (χ1n) is 11.5. The number of aromatic nitrogens is 2. The van der Waals surface area contributed by atoms with E-state index in [1.807, 2.05) is 12.1 Å². The van der Waals surface area contributed by atoms with Crippen LogP contribution in [0.25, 0.3) is 10.9 Å². The van der Waals surface area contributed by atoms with Crippen molar-refractivity contribution in [2.45, 2.75) is 31.1 Å². The van der Waals surface area contributed by atoms with Crippen LogP contribution >= 0.6 is 11.6 Å². The van der Waals surface area contributed by atoms with Crippen molar-refractivity contribution in [1.82, 2.24) is 19.8 Å². The average Bonchev–Trinajstić information content (AvgIpc) is 2.81. The van der Waals surface area contributed by atoms with Crippen LogP contribution in [0, 0.1) is 0 Å². The van der Waals surface area contributed by atoms with Crippen molar-refractivity contribution < 1.29 is 23.9 Å². The second-order valence-corrected chi connectivity index (χ2v) is 8.89. The van der Waals surface area contributed by atoms with E-state index in [-0.39, 0.29) is 6.10 Å². The van der Waals surface area contributed by atoms with E-state index in [1.165, 1.54) is 11.6 Å². The Morgan fingerprint density at radius 2 is 1.88 bits per heavy atom. The summed E-state index contributed by atoms with van der Waals surface area (Å²) in [5, 5.41) is 1.88. The Labute approximate surface area is 198 Å². The molecule has 3 saturated heterocycles. The van der Waals surface area contributed by atoms with Gasteiger partial charge in [0.1, 0.15) is 23.9 Å². The molecule has 180 valence electrons. The molecule has 10 nitrogen and oxygen atoms in total. The maximum atomic E-state index is 6.38. The van der Waals surface area contributed by atoms with Crippen molar-refractivity contribution in [2.24, 2.45) is 0 Å². The fraction of sp³-hybridized carbons (Fsp3) is 0.636. The van der Waals surface area contributed by atoms with E-state index in [4.69, 9.17) is 35.5 Å². The topological polar surface area (TPSA) is 81.7 Å². The number of hydrogen-bond acceptors (Lipinski definition) is 10. The van der Waals surface area contributed by atoms with Crippen molar-refractivity contribution in [3.63, 3.8) is 0 Å². The van der Waals surface area contributed by atoms with Crippen molar-refractivity contribution in [3.05, 3.63) is 18.5 Å². The molecule has 0 bridgehead atoms. The summed E-state index contributed by atoms with van der Waals surface area (Å²) in [6.07, 6.45) is 4.10. The van der Waals surface area contributed by atoms with Crippen molar-refractivity contribution in [2.75, 3.05) is 64.8 Å². The van der Waals surface area contributed by atoms with Crippen LogP contribution in [0.2, 0.25) is 0 Å². The first-order valence-corrected chi connectivity index (χ1v) is 11.9. The van der Waals surface area contributed by atoms with E-state index in [9.17, 15) is 0 Å². The average molecular weight is 480 g/mol. The Kier molecular flexibility index (Phi) is 7.29. The van der Waals surface area contributed by atoms with Crippen molar-refractivity contribution in [1.29, 1.82) is 0 Å². The Balaban J connectivity index is 1.31. The summed E-state index contributed by atoms with van der Waals surface area (Å²) in [6.45, 7) is 7.48. The maximum absolute atomic E-state index is 6.38. The summed E-state index contributed by atoms with van der Waals surface area (Å²) < 4.78 is 18.0. The minimum atomic E-state index is -0.835. The second-order valence-electron chi connectivity index (χ2n) is 8.53.